The van der Waals surface area contributed by atoms with Crippen molar-refractivity contribution in [2.75, 3.05) is 28.2 Å². The van der Waals surface area contributed by atoms with E-state index < -0.39 is 11.9 Å². The number of rotatable bonds is 4. The minimum absolute atomic E-state index is 0.0509. The third-order valence-electron chi connectivity index (χ3n) is 2.10. The zero-order chi connectivity index (χ0) is 22.2. The largest absolute Gasteiger partial charge is 0.481 e. The Kier molecular flexibility index (Phi) is 16.6. The van der Waals surface area contributed by atoms with Crippen molar-refractivity contribution in [3.05, 3.63) is 0 Å². The molecule has 0 bridgehead atoms. The van der Waals surface area contributed by atoms with Crippen LogP contribution in [0.1, 0.15) is 19.3 Å². The van der Waals surface area contributed by atoms with Gasteiger partial charge in [-0.1, -0.05) is 0 Å². The van der Waals surface area contributed by atoms with E-state index in [1.807, 2.05) is 0 Å². The molecule has 0 aliphatic carbocycles. The van der Waals surface area contributed by atoms with Crippen LogP contribution in [-0.2, 0) is 9.59 Å². The maximum atomic E-state index is 9.79. The van der Waals surface area contributed by atoms with E-state index in [1.54, 1.807) is 28.2 Å². The third-order valence-corrected chi connectivity index (χ3v) is 2.10. The van der Waals surface area contributed by atoms with Crippen molar-refractivity contribution in [1.82, 2.24) is 9.80 Å². The quantitative estimate of drug-likeness (QED) is 0.190. The van der Waals surface area contributed by atoms with E-state index in [-0.39, 0.29) is 43.1 Å². The van der Waals surface area contributed by atoms with Crippen LogP contribution in [0.15, 0.2) is 9.98 Å². The lowest BCUT2D eigenvalue weighted by molar-refractivity contribution is -0.138. The van der Waals surface area contributed by atoms with Gasteiger partial charge in [-0.15, -0.1) is 0 Å². The van der Waals surface area contributed by atoms with Crippen molar-refractivity contribution in [2.45, 2.75) is 19.3 Å². The molecule has 0 unspecified atom stereocenters. The molecule has 0 amide bonds. The van der Waals surface area contributed by atoms with Crippen LogP contribution < -0.4 is 22.9 Å². The lowest BCUT2D eigenvalue weighted by Gasteiger charge is -2.07. The Morgan fingerprint density at radius 3 is 1.15 bits per heavy atom. The Morgan fingerprint density at radius 1 is 0.778 bits per heavy atom. The van der Waals surface area contributed by atoms with Gasteiger partial charge in [0.2, 0.25) is 11.9 Å². The molecule has 14 nitrogen and oxygen atoms in total. The molecule has 0 rings (SSSR count). The average molecular weight is 390 g/mol. The Labute approximate surface area is 157 Å². The first kappa shape index (κ1) is 28.2. The molecule has 0 atom stereocenters. The van der Waals surface area contributed by atoms with Crippen LogP contribution in [-0.4, -0.2) is 84.0 Å². The molecule has 0 fully saturated rings. The zero-order valence-electron chi connectivity index (χ0n) is 15.9. The predicted octanol–water partition coefficient (Wildman–Crippen LogP) is -2.16. The molecule has 0 aromatic carbocycles. The molecule has 0 aliphatic heterocycles. The summed E-state index contributed by atoms with van der Waals surface area (Å²) in [6, 6.07) is 0. The van der Waals surface area contributed by atoms with Gasteiger partial charge in [0, 0.05) is 41.0 Å². The third kappa shape index (κ3) is 27.6. The molecular formula is C13H30N10O4. The summed E-state index contributed by atoms with van der Waals surface area (Å²) in [4.78, 5) is 29.5. The molecular weight excluding hydrogens is 360 g/mol. The fourth-order valence-electron chi connectivity index (χ4n) is 0.835. The summed E-state index contributed by atoms with van der Waals surface area (Å²) in [5.41, 5.74) is 20.0. The fourth-order valence-corrected chi connectivity index (χ4v) is 0.835. The van der Waals surface area contributed by atoms with Crippen LogP contribution in [0.5, 0.6) is 0 Å². The molecule has 0 saturated heterocycles. The van der Waals surface area contributed by atoms with Crippen molar-refractivity contribution in [1.29, 1.82) is 10.8 Å². The predicted molar refractivity (Wildman–Crippen MR) is 104 cm³/mol. The number of nitrogens with one attached hydrogen (secondary N) is 2. The highest BCUT2D eigenvalue weighted by Crippen LogP contribution is 1.93. The standard InChI is InChI=1S/C5H8O4.2C4H11N5/c6-4(7)2-1-3-5(8)9;2*1-9(2)4(7)8-3(5)6/h1-3H2,(H,6,7)(H,8,9);2*1-2H3,(H5,5,6,7,8). The van der Waals surface area contributed by atoms with Crippen LogP contribution in [0.2, 0.25) is 0 Å². The summed E-state index contributed by atoms with van der Waals surface area (Å²) in [6.07, 6.45) is 0.0866. The van der Waals surface area contributed by atoms with Crippen molar-refractivity contribution in [2.24, 2.45) is 32.9 Å². The van der Waals surface area contributed by atoms with Crippen LogP contribution in [0.25, 0.3) is 0 Å². The molecule has 0 spiro atoms. The van der Waals surface area contributed by atoms with Crippen LogP contribution in [0.4, 0.5) is 0 Å². The van der Waals surface area contributed by atoms with E-state index in [4.69, 9.17) is 44.0 Å². The molecule has 12 N–H and O–H groups in total. The molecule has 0 aromatic heterocycles. The van der Waals surface area contributed by atoms with E-state index in [1.165, 1.54) is 9.80 Å². The maximum Gasteiger partial charge on any atom is 0.303 e. The summed E-state index contributed by atoms with van der Waals surface area (Å²) >= 11 is 0. The fraction of sp³-hybridized carbons (Fsp3) is 0.538. The summed E-state index contributed by atoms with van der Waals surface area (Å²) in [5, 5.41) is 30.2. The highest BCUT2D eigenvalue weighted by Gasteiger charge is 1.99. The second-order valence-electron chi connectivity index (χ2n) is 5.15. The number of guanidine groups is 4. The molecule has 0 aromatic rings. The Hall–Kier alpha value is -3.58. The second-order valence-corrected chi connectivity index (χ2v) is 5.15. The number of carbonyl (C=O) groups is 2. The zero-order valence-corrected chi connectivity index (χ0v) is 15.9. The van der Waals surface area contributed by atoms with Crippen molar-refractivity contribution >= 4 is 35.8 Å². The van der Waals surface area contributed by atoms with Gasteiger partial charge in [-0.3, -0.25) is 20.4 Å². The Balaban J connectivity index is -0.000000320. The minimum atomic E-state index is -0.948. The van der Waals surface area contributed by atoms with Crippen LogP contribution in [0.3, 0.4) is 0 Å². The number of aliphatic carboxylic acids is 2. The van der Waals surface area contributed by atoms with E-state index >= 15 is 0 Å². The van der Waals surface area contributed by atoms with Crippen molar-refractivity contribution in [3.8, 4) is 0 Å². The van der Waals surface area contributed by atoms with Crippen molar-refractivity contribution in [3.63, 3.8) is 0 Å². The maximum absolute atomic E-state index is 9.79. The molecule has 27 heavy (non-hydrogen) atoms. The number of nitrogens with zero attached hydrogens (tertiary/aromatic N) is 4. The van der Waals surface area contributed by atoms with Gasteiger partial charge in [-0.05, 0) is 6.42 Å². The molecule has 14 heteroatoms. The van der Waals surface area contributed by atoms with E-state index in [2.05, 4.69) is 9.98 Å². The van der Waals surface area contributed by atoms with Gasteiger partial charge in [0.1, 0.15) is 0 Å². The van der Waals surface area contributed by atoms with Gasteiger partial charge < -0.3 is 42.9 Å². The molecule has 0 saturated carbocycles. The minimum Gasteiger partial charge on any atom is -0.481 e. The summed E-state index contributed by atoms with van der Waals surface area (Å²) in [6.45, 7) is 0. The van der Waals surface area contributed by atoms with Crippen molar-refractivity contribution < 1.29 is 19.8 Å². The smallest absolute Gasteiger partial charge is 0.303 e. The number of nitrogens with two attached hydrogens (primary N) is 4. The summed E-state index contributed by atoms with van der Waals surface area (Å²) < 4.78 is 0. The first-order valence-corrected chi connectivity index (χ1v) is 7.35. The number of carboxylic acid groups (broad SMARTS) is 2. The monoisotopic (exact) mass is 390 g/mol. The highest BCUT2D eigenvalue weighted by atomic mass is 16.4. The Bertz CT molecular complexity index is 501. The molecule has 0 radical (unpaired) electrons. The molecule has 156 valence electrons. The van der Waals surface area contributed by atoms with Crippen LogP contribution in [0, 0.1) is 10.8 Å². The second kappa shape index (κ2) is 15.9. The summed E-state index contributed by atoms with van der Waals surface area (Å²) in [5.74, 6) is -1.97. The Morgan fingerprint density at radius 2 is 1.04 bits per heavy atom. The first-order chi connectivity index (χ1) is 12.2. The lowest BCUT2D eigenvalue weighted by atomic mass is 10.2. The normalized spacial score (nSPS) is 8.44. The van der Waals surface area contributed by atoms with Gasteiger partial charge in [-0.2, -0.15) is 9.98 Å². The van der Waals surface area contributed by atoms with Gasteiger partial charge in [0.05, 0.1) is 0 Å². The number of hydrogen-bond acceptors (Lipinski definition) is 4. The SMILES string of the molecule is CN(C)C(=N)N=C(N)N.CN(C)C(=N)N=C(N)N.O=C(O)CCCC(=O)O. The number of carboxylic acids is 2. The van der Waals surface area contributed by atoms with E-state index in [0.717, 1.165) is 0 Å². The molecule has 0 aliphatic rings. The lowest BCUT2D eigenvalue weighted by Crippen LogP contribution is -2.28. The van der Waals surface area contributed by atoms with Gasteiger partial charge in [0.15, 0.2) is 11.9 Å². The summed E-state index contributed by atoms with van der Waals surface area (Å²) in [7, 11) is 6.76. The highest BCUT2D eigenvalue weighted by molar-refractivity contribution is 5.91. The van der Waals surface area contributed by atoms with E-state index in [0.29, 0.717) is 0 Å². The van der Waals surface area contributed by atoms with Gasteiger partial charge >= 0.3 is 11.9 Å². The van der Waals surface area contributed by atoms with Gasteiger partial charge in [-0.25, -0.2) is 0 Å². The van der Waals surface area contributed by atoms with E-state index in [9.17, 15) is 9.59 Å². The topological polar surface area (TPSA) is 258 Å². The number of aliphatic imine (C=N–C) groups is 2. The molecule has 0 heterocycles. The van der Waals surface area contributed by atoms with Crippen LogP contribution >= 0.6 is 0 Å². The van der Waals surface area contributed by atoms with Gasteiger partial charge in [0.25, 0.3) is 0 Å². The average Bonchev–Trinajstić information content (AvgIpc) is 2.46. The first-order valence-electron chi connectivity index (χ1n) is 7.35. The number of hydrogen-bond donors (Lipinski definition) is 8.